The molecule has 8 heteroatoms. The van der Waals surface area contributed by atoms with Gasteiger partial charge in [-0.3, -0.25) is 14.4 Å². The van der Waals surface area contributed by atoms with E-state index in [1.54, 1.807) is 33.7 Å². The molecular formula is C31H41N3O4S. The molecule has 1 aromatic rings. The molecule has 4 fully saturated rings. The smallest absolute Gasteiger partial charge is 0.247 e. The largest absolute Gasteiger partial charge is 0.396 e. The second-order valence-electron chi connectivity index (χ2n) is 11.3. The van der Waals surface area contributed by atoms with Crippen molar-refractivity contribution in [2.45, 2.75) is 73.4 Å². The molecule has 3 heterocycles. The van der Waals surface area contributed by atoms with Crippen molar-refractivity contribution in [3.63, 3.8) is 0 Å². The van der Waals surface area contributed by atoms with Crippen molar-refractivity contribution in [2.24, 2.45) is 11.8 Å². The van der Waals surface area contributed by atoms with Crippen LogP contribution in [0.2, 0.25) is 0 Å². The zero-order valence-electron chi connectivity index (χ0n) is 22.7. The van der Waals surface area contributed by atoms with Gasteiger partial charge in [-0.1, -0.05) is 49.6 Å². The predicted molar refractivity (Wildman–Crippen MR) is 155 cm³/mol. The minimum Gasteiger partial charge on any atom is -0.396 e. The van der Waals surface area contributed by atoms with Crippen LogP contribution in [0.15, 0.2) is 55.6 Å². The van der Waals surface area contributed by atoms with Gasteiger partial charge in [-0.25, -0.2) is 0 Å². The summed E-state index contributed by atoms with van der Waals surface area (Å²) in [7, 11) is 0. The van der Waals surface area contributed by atoms with Gasteiger partial charge in [0.05, 0.1) is 16.6 Å². The van der Waals surface area contributed by atoms with Gasteiger partial charge >= 0.3 is 0 Å². The summed E-state index contributed by atoms with van der Waals surface area (Å²) in [6, 6.07) is 9.07. The van der Waals surface area contributed by atoms with Gasteiger partial charge in [-0.15, -0.1) is 24.9 Å². The Morgan fingerprint density at radius 1 is 1.05 bits per heavy atom. The number of aliphatic hydroxyl groups is 1. The summed E-state index contributed by atoms with van der Waals surface area (Å²) in [5.74, 6) is -1.22. The molecule has 0 radical (unpaired) electrons. The molecule has 3 amide bonds. The summed E-state index contributed by atoms with van der Waals surface area (Å²) < 4.78 is -0.626. The molecular weight excluding hydrogens is 510 g/mol. The lowest BCUT2D eigenvalue weighted by atomic mass is 9.70. The molecule has 3 aliphatic heterocycles. The Balaban J connectivity index is 1.51. The third kappa shape index (κ3) is 4.84. The van der Waals surface area contributed by atoms with Crippen molar-refractivity contribution in [3.05, 3.63) is 55.6 Å². The summed E-state index contributed by atoms with van der Waals surface area (Å²) in [6.45, 7) is 8.88. The van der Waals surface area contributed by atoms with Crippen molar-refractivity contribution < 1.29 is 19.5 Å². The number of carbonyl (C=O) groups is 3. The number of anilines is 1. The Kier molecular flexibility index (Phi) is 8.52. The molecule has 2 unspecified atom stereocenters. The Bertz CT molecular complexity index is 1090. The molecule has 210 valence electrons. The quantitative estimate of drug-likeness (QED) is 0.420. The van der Waals surface area contributed by atoms with Crippen molar-refractivity contribution >= 4 is 35.2 Å². The Morgan fingerprint density at radius 2 is 1.77 bits per heavy atom. The maximum atomic E-state index is 14.5. The zero-order chi connectivity index (χ0) is 27.6. The van der Waals surface area contributed by atoms with E-state index >= 15 is 0 Å². The zero-order valence-corrected chi connectivity index (χ0v) is 23.6. The van der Waals surface area contributed by atoms with E-state index in [-0.39, 0.29) is 35.6 Å². The van der Waals surface area contributed by atoms with Crippen LogP contribution in [0.4, 0.5) is 5.69 Å². The fourth-order valence-electron chi connectivity index (χ4n) is 7.54. The molecule has 5 rings (SSSR count). The number of hydrogen-bond donors (Lipinski definition) is 1. The molecule has 1 N–H and O–H groups in total. The summed E-state index contributed by atoms with van der Waals surface area (Å²) in [4.78, 5) is 48.4. The minimum absolute atomic E-state index is 0.000282. The van der Waals surface area contributed by atoms with Crippen molar-refractivity contribution in [1.82, 2.24) is 9.80 Å². The predicted octanol–water partition coefficient (Wildman–Crippen LogP) is 4.03. The van der Waals surface area contributed by atoms with Crippen LogP contribution in [0.5, 0.6) is 0 Å². The number of amides is 3. The molecule has 39 heavy (non-hydrogen) atoms. The van der Waals surface area contributed by atoms with Gasteiger partial charge < -0.3 is 19.8 Å². The van der Waals surface area contributed by atoms with Crippen LogP contribution in [-0.4, -0.2) is 80.9 Å². The van der Waals surface area contributed by atoms with E-state index in [0.29, 0.717) is 26.1 Å². The highest BCUT2D eigenvalue weighted by Crippen LogP contribution is 2.66. The molecule has 0 aromatic heterocycles. The van der Waals surface area contributed by atoms with Gasteiger partial charge in [0.2, 0.25) is 17.7 Å². The number of thioether (sulfide) groups is 1. The van der Waals surface area contributed by atoms with Gasteiger partial charge in [0.15, 0.2) is 0 Å². The van der Waals surface area contributed by atoms with Crippen molar-refractivity contribution in [2.75, 3.05) is 31.1 Å². The molecule has 2 bridgehead atoms. The standard InChI is InChI=1S/C31H41N3O4S/c1-3-18-32(22-12-7-5-8-13-22)28(36)25-24-16-17-31(39-24)26(25)29(37)34(20-11-21-35)27(31)30(38)33(19-4-2)23-14-9-6-10-15-23/h3-5,7-8,12-13,23-27,35H,1-2,6,9-11,14-21H2/t24-,25+,26-,27?,31?/m0/s1. The number of para-hydroxylation sites is 1. The normalized spacial score (nSPS) is 29.8. The highest BCUT2D eigenvalue weighted by atomic mass is 32.2. The van der Waals surface area contributed by atoms with Crippen LogP contribution in [0.3, 0.4) is 0 Å². The lowest BCUT2D eigenvalue weighted by Crippen LogP contribution is -2.57. The Labute approximate surface area is 236 Å². The van der Waals surface area contributed by atoms with E-state index in [2.05, 4.69) is 13.2 Å². The van der Waals surface area contributed by atoms with Crippen LogP contribution < -0.4 is 4.90 Å². The number of nitrogens with zero attached hydrogens (tertiary/aromatic N) is 3. The average Bonchev–Trinajstić information content (AvgIpc) is 3.61. The van der Waals surface area contributed by atoms with Gasteiger partial charge in [0.1, 0.15) is 6.04 Å². The third-order valence-electron chi connectivity index (χ3n) is 9.15. The third-order valence-corrected chi connectivity index (χ3v) is 11.1. The molecule has 3 saturated heterocycles. The Hall–Kier alpha value is -2.58. The first kappa shape index (κ1) is 28.0. The van der Waals surface area contributed by atoms with Crippen LogP contribution in [-0.2, 0) is 14.4 Å². The number of likely N-dealkylation sites (tertiary alicyclic amines) is 1. The first-order chi connectivity index (χ1) is 19.0. The first-order valence-corrected chi connectivity index (χ1v) is 15.3. The monoisotopic (exact) mass is 551 g/mol. The lowest BCUT2D eigenvalue weighted by molar-refractivity contribution is -0.144. The maximum absolute atomic E-state index is 14.5. The van der Waals surface area contributed by atoms with Crippen LogP contribution in [0.1, 0.15) is 51.4 Å². The van der Waals surface area contributed by atoms with Gasteiger partial charge in [0, 0.05) is 43.2 Å². The minimum atomic E-state index is -0.626. The Morgan fingerprint density at radius 3 is 2.44 bits per heavy atom. The molecule has 1 saturated carbocycles. The number of hydrogen-bond acceptors (Lipinski definition) is 5. The topological polar surface area (TPSA) is 81.2 Å². The number of carbonyl (C=O) groups excluding carboxylic acids is 3. The van der Waals surface area contributed by atoms with Crippen LogP contribution in [0.25, 0.3) is 0 Å². The van der Waals surface area contributed by atoms with Crippen molar-refractivity contribution in [3.8, 4) is 0 Å². The molecule has 1 spiro atoms. The second kappa shape index (κ2) is 11.9. The van der Waals surface area contributed by atoms with E-state index < -0.39 is 22.6 Å². The first-order valence-electron chi connectivity index (χ1n) is 14.5. The summed E-state index contributed by atoms with van der Waals surface area (Å²) in [6.07, 6.45) is 10.8. The van der Waals surface area contributed by atoms with Gasteiger partial charge in [0.25, 0.3) is 0 Å². The summed E-state index contributed by atoms with van der Waals surface area (Å²) in [5, 5.41) is 9.64. The average molecular weight is 552 g/mol. The van der Waals surface area contributed by atoms with E-state index in [1.165, 1.54) is 6.42 Å². The number of rotatable bonds is 11. The molecule has 4 aliphatic rings. The highest BCUT2D eigenvalue weighted by molar-refractivity contribution is 8.02. The fraction of sp³-hybridized carbons (Fsp3) is 0.581. The lowest BCUT2D eigenvalue weighted by Gasteiger charge is -2.41. The van der Waals surface area contributed by atoms with E-state index in [1.807, 2.05) is 35.2 Å². The molecule has 7 nitrogen and oxygen atoms in total. The molecule has 1 aliphatic carbocycles. The molecule has 1 aromatic carbocycles. The number of fused-ring (bicyclic) bond motifs is 1. The molecule has 5 atom stereocenters. The second-order valence-corrected chi connectivity index (χ2v) is 12.9. The van der Waals surface area contributed by atoms with Crippen LogP contribution in [0, 0.1) is 11.8 Å². The fourth-order valence-corrected chi connectivity index (χ4v) is 9.75. The number of aliphatic hydroxyl groups excluding tert-OH is 1. The van der Waals surface area contributed by atoms with Crippen molar-refractivity contribution in [1.29, 1.82) is 0 Å². The van der Waals surface area contributed by atoms with Gasteiger partial charge in [-0.05, 0) is 44.2 Å². The van der Waals surface area contributed by atoms with E-state index in [0.717, 1.165) is 44.2 Å². The van der Waals surface area contributed by atoms with Gasteiger partial charge in [-0.2, -0.15) is 0 Å². The highest BCUT2D eigenvalue weighted by Gasteiger charge is 2.74. The SMILES string of the molecule is C=CCN(C(=O)[C@@H]1[C@@H]2CCC3(S2)C(C(=O)N(CC=C)C2CCCCC2)N(CCCO)C(=O)[C@H]13)c1ccccc1. The van der Waals surface area contributed by atoms with E-state index in [9.17, 15) is 19.5 Å². The maximum Gasteiger partial charge on any atom is 0.247 e. The summed E-state index contributed by atoms with van der Waals surface area (Å²) in [5.41, 5.74) is 0.786. The van der Waals surface area contributed by atoms with Crippen LogP contribution >= 0.6 is 11.8 Å². The van der Waals surface area contributed by atoms with E-state index in [4.69, 9.17) is 0 Å². The summed E-state index contributed by atoms with van der Waals surface area (Å²) >= 11 is 1.70. The number of benzene rings is 1.